The molecule has 1 amide bonds. The summed E-state index contributed by atoms with van der Waals surface area (Å²) in [6.07, 6.45) is 5.60. The third kappa shape index (κ3) is 1.38. The van der Waals surface area contributed by atoms with Gasteiger partial charge in [0.25, 0.3) is 5.91 Å². The van der Waals surface area contributed by atoms with Crippen molar-refractivity contribution in [1.82, 2.24) is 5.32 Å². The van der Waals surface area contributed by atoms with E-state index in [0.717, 1.165) is 25.8 Å². The summed E-state index contributed by atoms with van der Waals surface area (Å²) in [7, 11) is 1.50. The molecule has 78 valence electrons. The van der Waals surface area contributed by atoms with E-state index < -0.39 is 0 Å². The van der Waals surface area contributed by atoms with Gasteiger partial charge in [0.1, 0.15) is 7.11 Å². The van der Waals surface area contributed by atoms with Crippen LogP contribution in [0.4, 0.5) is 0 Å². The predicted molar refractivity (Wildman–Crippen MR) is 53.0 cm³/mol. The minimum atomic E-state index is -0.0417. The molecular formula is C10H16N2O2. The highest BCUT2D eigenvalue weighted by Gasteiger charge is 2.44. The quantitative estimate of drug-likeness (QED) is 0.638. The normalized spacial score (nSPS) is 28.1. The zero-order valence-corrected chi connectivity index (χ0v) is 8.51. The summed E-state index contributed by atoms with van der Waals surface area (Å²) in [6.45, 7) is 0.779. The lowest BCUT2D eigenvalue weighted by Gasteiger charge is -2.33. The van der Waals surface area contributed by atoms with Crippen LogP contribution in [0.15, 0.2) is 5.16 Å². The highest BCUT2D eigenvalue weighted by Crippen LogP contribution is 2.43. The van der Waals surface area contributed by atoms with Crippen molar-refractivity contribution in [3.8, 4) is 0 Å². The van der Waals surface area contributed by atoms with Crippen molar-refractivity contribution in [2.24, 2.45) is 10.6 Å². The van der Waals surface area contributed by atoms with Gasteiger partial charge in [-0.3, -0.25) is 4.79 Å². The van der Waals surface area contributed by atoms with Crippen molar-refractivity contribution in [3.63, 3.8) is 0 Å². The highest BCUT2D eigenvalue weighted by molar-refractivity contribution is 6.41. The molecule has 1 N–H and O–H groups in total. The third-order valence-electron chi connectivity index (χ3n) is 3.35. The summed E-state index contributed by atoms with van der Waals surface area (Å²) >= 11 is 0. The Bertz CT molecular complexity index is 267. The molecule has 2 rings (SSSR count). The Morgan fingerprint density at radius 3 is 2.71 bits per heavy atom. The number of hydrogen-bond acceptors (Lipinski definition) is 3. The molecule has 1 saturated carbocycles. The summed E-state index contributed by atoms with van der Waals surface area (Å²) in [6, 6.07) is 0. The van der Waals surface area contributed by atoms with Crippen molar-refractivity contribution in [2.45, 2.75) is 32.1 Å². The molecule has 0 unspecified atom stereocenters. The van der Waals surface area contributed by atoms with E-state index >= 15 is 0 Å². The van der Waals surface area contributed by atoms with Crippen LogP contribution in [0.3, 0.4) is 0 Å². The standard InChI is InChI=1S/C10H16N2O2/c1-14-12-8-9(13)11-7-6-10(8)4-2-3-5-10/h2-7H2,1H3,(H,11,13)/b12-8-. The van der Waals surface area contributed by atoms with Gasteiger partial charge < -0.3 is 10.2 Å². The Labute approximate surface area is 83.7 Å². The fourth-order valence-electron chi connectivity index (χ4n) is 2.63. The molecule has 0 bridgehead atoms. The van der Waals surface area contributed by atoms with Crippen LogP contribution in [-0.4, -0.2) is 25.3 Å². The Hall–Kier alpha value is -1.06. The first-order valence-corrected chi connectivity index (χ1v) is 5.18. The maximum absolute atomic E-state index is 11.6. The summed E-state index contributed by atoms with van der Waals surface area (Å²) in [4.78, 5) is 16.4. The molecule has 2 aliphatic rings. The van der Waals surface area contributed by atoms with Crippen LogP contribution in [0.25, 0.3) is 0 Å². The second-order valence-corrected chi connectivity index (χ2v) is 4.12. The van der Waals surface area contributed by atoms with E-state index in [9.17, 15) is 4.79 Å². The van der Waals surface area contributed by atoms with Gasteiger partial charge in [0.2, 0.25) is 0 Å². The Morgan fingerprint density at radius 1 is 1.36 bits per heavy atom. The second-order valence-electron chi connectivity index (χ2n) is 4.12. The Morgan fingerprint density at radius 2 is 2.07 bits per heavy atom. The summed E-state index contributed by atoms with van der Waals surface area (Å²) < 4.78 is 0. The molecule has 4 heteroatoms. The van der Waals surface area contributed by atoms with Crippen molar-refractivity contribution in [1.29, 1.82) is 0 Å². The van der Waals surface area contributed by atoms with Crippen LogP contribution >= 0.6 is 0 Å². The molecule has 1 spiro atoms. The summed E-state index contributed by atoms with van der Waals surface area (Å²) in [5.74, 6) is -0.0417. The largest absolute Gasteiger partial charge is 0.399 e. The van der Waals surface area contributed by atoms with Crippen molar-refractivity contribution >= 4 is 11.6 Å². The van der Waals surface area contributed by atoms with Crippen molar-refractivity contribution in [2.75, 3.05) is 13.7 Å². The maximum atomic E-state index is 11.6. The van der Waals surface area contributed by atoms with Gasteiger partial charge in [0, 0.05) is 12.0 Å². The Kier molecular flexibility index (Phi) is 2.44. The van der Waals surface area contributed by atoms with E-state index in [1.807, 2.05) is 0 Å². The number of piperidine rings is 1. The number of oxime groups is 1. The Balaban J connectivity index is 2.28. The molecule has 1 saturated heterocycles. The van der Waals surface area contributed by atoms with Gasteiger partial charge in [-0.1, -0.05) is 18.0 Å². The molecule has 4 nitrogen and oxygen atoms in total. The lowest BCUT2D eigenvalue weighted by molar-refractivity contribution is -0.116. The number of nitrogens with zero attached hydrogens (tertiary/aromatic N) is 1. The first-order chi connectivity index (χ1) is 6.78. The minimum Gasteiger partial charge on any atom is -0.399 e. The van der Waals surface area contributed by atoms with Gasteiger partial charge in [-0.25, -0.2) is 0 Å². The molecule has 0 aromatic heterocycles. The molecule has 1 aliphatic heterocycles. The molecule has 1 heterocycles. The van der Waals surface area contributed by atoms with Crippen molar-refractivity contribution in [3.05, 3.63) is 0 Å². The van der Waals surface area contributed by atoms with Gasteiger partial charge >= 0.3 is 0 Å². The first-order valence-electron chi connectivity index (χ1n) is 5.18. The SMILES string of the molecule is CO/N=C1/C(=O)NCCC12CCCC2. The fraction of sp³-hybridized carbons (Fsp3) is 0.800. The summed E-state index contributed by atoms with van der Waals surface area (Å²) in [5.41, 5.74) is 0.641. The maximum Gasteiger partial charge on any atom is 0.269 e. The smallest absolute Gasteiger partial charge is 0.269 e. The molecule has 0 atom stereocenters. The van der Waals surface area contributed by atoms with Gasteiger partial charge in [0.15, 0.2) is 5.71 Å². The van der Waals surface area contributed by atoms with E-state index in [2.05, 4.69) is 10.5 Å². The van der Waals surface area contributed by atoms with Crippen LogP contribution < -0.4 is 5.32 Å². The van der Waals surface area contributed by atoms with E-state index in [0.29, 0.717) is 5.71 Å². The monoisotopic (exact) mass is 196 g/mol. The minimum absolute atomic E-state index is 0.0261. The summed E-state index contributed by atoms with van der Waals surface area (Å²) in [5, 5.41) is 6.72. The van der Waals surface area contributed by atoms with E-state index in [1.54, 1.807) is 0 Å². The van der Waals surface area contributed by atoms with E-state index in [4.69, 9.17) is 4.84 Å². The number of carbonyl (C=O) groups is 1. The van der Waals surface area contributed by atoms with Gasteiger partial charge in [-0.2, -0.15) is 0 Å². The number of rotatable bonds is 1. The van der Waals surface area contributed by atoms with Crippen LogP contribution in [0, 0.1) is 5.41 Å². The zero-order valence-electron chi connectivity index (χ0n) is 8.51. The third-order valence-corrected chi connectivity index (χ3v) is 3.35. The number of nitrogens with one attached hydrogen (secondary N) is 1. The molecule has 14 heavy (non-hydrogen) atoms. The molecule has 0 aromatic carbocycles. The van der Waals surface area contributed by atoms with Crippen LogP contribution in [0.5, 0.6) is 0 Å². The highest BCUT2D eigenvalue weighted by atomic mass is 16.6. The average Bonchev–Trinajstić information content (AvgIpc) is 2.62. The molecule has 0 aromatic rings. The van der Waals surface area contributed by atoms with E-state index in [-0.39, 0.29) is 11.3 Å². The van der Waals surface area contributed by atoms with Crippen LogP contribution in [0.1, 0.15) is 32.1 Å². The lowest BCUT2D eigenvalue weighted by atomic mass is 9.75. The topological polar surface area (TPSA) is 50.7 Å². The number of amides is 1. The van der Waals surface area contributed by atoms with Crippen molar-refractivity contribution < 1.29 is 9.63 Å². The van der Waals surface area contributed by atoms with Crippen LogP contribution in [0.2, 0.25) is 0 Å². The van der Waals surface area contributed by atoms with E-state index in [1.165, 1.54) is 20.0 Å². The van der Waals surface area contributed by atoms with Gasteiger partial charge in [-0.05, 0) is 19.3 Å². The molecular weight excluding hydrogens is 180 g/mol. The predicted octanol–water partition coefficient (Wildman–Crippen LogP) is 1.07. The van der Waals surface area contributed by atoms with Crippen LogP contribution in [-0.2, 0) is 9.63 Å². The number of carbonyl (C=O) groups excluding carboxylic acids is 1. The molecule has 1 aliphatic carbocycles. The zero-order chi connectivity index (χ0) is 10.0. The molecule has 0 radical (unpaired) electrons. The average molecular weight is 196 g/mol. The molecule has 2 fully saturated rings. The number of hydrogen-bond donors (Lipinski definition) is 1. The fourth-order valence-corrected chi connectivity index (χ4v) is 2.63. The first kappa shape index (κ1) is 9.49. The van der Waals surface area contributed by atoms with Gasteiger partial charge in [0.05, 0.1) is 0 Å². The second kappa shape index (κ2) is 3.59. The lowest BCUT2D eigenvalue weighted by Crippen LogP contribution is -2.48. The van der Waals surface area contributed by atoms with Gasteiger partial charge in [-0.15, -0.1) is 0 Å².